The van der Waals surface area contributed by atoms with Crippen molar-refractivity contribution in [1.82, 2.24) is 0 Å². The van der Waals surface area contributed by atoms with Crippen molar-refractivity contribution in [2.75, 3.05) is 38.9 Å². The van der Waals surface area contributed by atoms with Crippen LogP contribution in [0.5, 0.6) is 11.5 Å². The summed E-state index contributed by atoms with van der Waals surface area (Å²) in [5.74, 6) is 1.24. The van der Waals surface area contributed by atoms with Crippen molar-refractivity contribution in [3.05, 3.63) is 56.1 Å². The van der Waals surface area contributed by atoms with Gasteiger partial charge < -0.3 is 19.1 Å². The van der Waals surface area contributed by atoms with Crippen LogP contribution in [0.3, 0.4) is 0 Å². The number of nitrogens with zero attached hydrogens (tertiary/aromatic N) is 2. The third-order valence-electron chi connectivity index (χ3n) is 3.79. The highest BCUT2D eigenvalue weighted by atomic mass is 127. The molecular formula is C20H19Cl2IN2O3. The fourth-order valence-corrected chi connectivity index (χ4v) is 3.65. The Kier molecular flexibility index (Phi) is 8.70. The zero-order valence-electron chi connectivity index (χ0n) is 15.5. The molecule has 0 aliphatic heterocycles. The molecule has 0 aromatic heterocycles. The maximum absolute atomic E-state index is 9.22. The second kappa shape index (κ2) is 10.8. The molecule has 2 rings (SSSR count). The average Bonchev–Trinajstić information content (AvgIpc) is 2.68. The maximum atomic E-state index is 9.22. The topological polar surface area (TPSA) is 54.7 Å². The standard InChI is InChI=1S/C20H19Cl2IN2O3/c1-13(11-24)12-25(18-10-20(27-3)16(22)9-15(18)21)14-4-5-19(17(23)8-14)28-7-6-26-2/h4-5,8-10H,1,6-7,12H2,2-3H3. The molecule has 0 saturated heterocycles. The van der Waals surface area contributed by atoms with Crippen LogP contribution in [0, 0.1) is 14.9 Å². The number of rotatable bonds is 9. The number of halogens is 3. The highest BCUT2D eigenvalue weighted by Crippen LogP contribution is 2.40. The van der Waals surface area contributed by atoms with Gasteiger partial charge in [0, 0.05) is 24.4 Å². The first-order valence-corrected chi connectivity index (χ1v) is 10.0. The van der Waals surface area contributed by atoms with Gasteiger partial charge in [0.15, 0.2) is 0 Å². The van der Waals surface area contributed by atoms with Gasteiger partial charge in [-0.3, -0.25) is 0 Å². The maximum Gasteiger partial charge on any atom is 0.139 e. The van der Waals surface area contributed by atoms with E-state index in [4.69, 9.17) is 37.4 Å². The molecule has 5 nitrogen and oxygen atoms in total. The molecule has 0 N–H and O–H groups in total. The minimum absolute atomic E-state index is 0.265. The van der Waals surface area contributed by atoms with Crippen LogP contribution in [0.2, 0.25) is 10.0 Å². The van der Waals surface area contributed by atoms with E-state index >= 15 is 0 Å². The van der Waals surface area contributed by atoms with Crippen molar-refractivity contribution in [2.24, 2.45) is 0 Å². The number of ether oxygens (including phenoxy) is 3. The molecule has 0 aliphatic rings. The molecule has 2 aromatic rings. The monoisotopic (exact) mass is 532 g/mol. The third-order valence-corrected chi connectivity index (χ3v) is 5.23. The first kappa shape index (κ1) is 22.6. The number of hydrogen-bond donors (Lipinski definition) is 0. The lowest BCUT2D eigenvalue weighted by Gasteiger charge is -2.27. The van der Waals surface area contributed by atoms with Crippen molar-refractivity contribution in [2.45, 2.75) is 0 Å². The zero-order chi connectivity index (χ0) is 20.7. The van der Waals surface area contributed by atoms with Gasteiger partial charge in [-0.05, 0) is 46.9 Å². The van der Waals surface area contributed by atoms with E-state index in [0.717, 1.165) is 15.0 Å². The Morgan fingerprint density at radius 1 is 1.14 bits per heavy atom. The Balaban J connectivity index is 2.46. The van der Waals surface area contributed by atoms with Gasteiger partial charge in [-0.1, -0.05) is 29.8 Å². The number of benzene rings is 2. The van der Waals surface area contributed by atoms with Crippen molar-refractivity contribution in [3.63, 3.8) is 0 Å². The summed E-state index contributed by atoms with van der Waals surface area (Å²) in [6.07, 6.45) is 0. The summed E-state index contributed by atoms with van der Waals surface area (Å²) in [4.78, 5) is 1.88. The molecule has 0 spiro atoms. The van der Waals surface area contributed by atoms with E-state index < -0.39 is 0 Å². The summed E-state index contributed by atoms with van der Waals surface area (Å²) in [7, 11) is 3.16. The minimum atomic E-state index is 0.265. The quantitative estimate of drug-likeness (QED) is 0.230. The van der Waals surface area contributed by atoms with Gasteiger partial charge in [0.05, 0.1) is 45.6 Å². The van der Waals surface area contributed by atoms with Crippen molar-refractivity contribution >= 4 is 57.2 Å². The van der Waals surface area contributed by atoms with Crippen LogP contribution in [0.4, 0.5) is 11.4 Å². The molecule has 0 saturated carbocycles. The van der Waals surface area contributed by atoms with Crippen molar-refractivity contribution in [1.29, 1.82) is 5.26 Å². The first-order valence-electron chi connectivity index (χ1n) is 8.21. The van der Waals surface area contributed by atoms with E-state index in [1.807, 2.05) is 23.1 Å². The molecule has 0 radical (unpaired) electrons. The highest BCUT2D eigenvalue weighted by Gasteiger charge is 2.18. The van der Waals surface area contributed by atoms with Crippen LogP contribution in [0.1, 0.15) is 0 Å². The van der Waals surface area contributed by atoms with Gasteiger partial charge in [0.2, 0.25) is 0 Å². The lowest BCUT2D eigenvalue weighted by molar-refractivity contribution is 0.146. The number of anilines is 2. The fraction of sp³-hybridized carbons (Fsp3) is 0.250. The Morgan fingerprint density at radius 2 is 1.89 bits per heavy atom. The SMILES string of the molecule is C=C(C#N)CN(c1ccc(OCCOC)c(I)c1)c1cc(OC)c(Cl)cc1Cl. The van der Waals surface area contributed by atoms with Gasteiger partial charge in [-0.25, -0.2) is 0 Å². The van der Waals surface area contributed by atoms with E-state index in [2.05, 4.69) is 35.2 Å². The Morgan fingerprint density at radius 3 is 2.50 bits per heavy atom. The molecule has 148 valence electrons. The molecule has 0 aliphatic carbocycles. The van der Waals surface area contributed by atoms with Crippen LogP contribution in [-0.4, -0.2) is 34.0 Å². The van der Waals surface area contributed by atoms with E-state index in [1.54, 1.807) is 19.2 Å². The zero-order valence-corrected chi connectivity index (χ0v) is 19.1. The van der Waals surface area contributed by atoms with Crippen LogP contribution in [0.25, 0.3) is 0 Å². The number of methoxy groups -OCH3 is 2. The molecular weight excluding hydrogens is 514 g/mol. The Bertz CT molecular complexity index is 900. The lowest BCUT2D eigenvalue weighted by atomic mass is 10.2. The summed E-state index contributed by atoms with van der Waals surface area (Å²) >= 11 is 14.8. The molecule has 0 bridgehead atoms. The van der Waals surface area contributed by atoms with Crippen molar-refractivity contribution < 1.29 is 14.2 Å². The van der Waals surface area contributed by atoms with Crippen molar-refractivity contribution in [3.8, 4) is 17.6 Å². The van der Waals surface area contributed by atoms with E-state index in [0.29, 0.717) is 40.3 Å². The summed E-state index contributed by atoms with van der Waals surface area (Å²) in [5.41, 5.74) is 1.87. The third kappa shape index (κ3) is 5.67. The number of nitriles is 1. The second-order valence-electron chi connectivity index (χ2n) is 5.70. The smallest absolute Gasteiger partial charge is 0.139 e. The minimum Gasteiger partial charge on any atom is -0.495 e. The molecule has 8 heteroatoms. The first-order chi connectivity index (χ1) is 13.4. The van der Waals surface area contributed by atoms with Gasteiger partial charge in [-0.15, -0.1) is 0 Å². The molecule has 0 fully saturated rings. The predicted octanol–water partition coefficient (Wildman–Crippen LogP) is 5.85. The van der Waals surface area contributed by atoms with E-state index in [1.165, 1.54) is 7.11 Å². The van der Waals surface area contributed by atoms with E-state index in [-0.39, 0.29) is 6.54 Å². The molecule has 0 heterocycles. The van der Waals surface area contributed by atoms with Crippen LogP contribution >= 0.6 is 45.8 Å². The molecule has 0 amide bonds. The summed E-state index contributed by atoms with van der Waals surface area (Å²) in [5, 5.41) is 10.1. The van der Waals surface area contributed by atoms with Gasteiger partial charge in [-0.2, -0.15) is 5.26 Å². The summed E-state index contributed by atoms with van der Waals surface area (Å²) in [6.45, 7) is 5.03. The normalized spacial score (nSPS) is 10.3. The van der Waals surface area contributed by atoms with Gasteiger partial charge in [0.1, 0.15) is 18.1 Å². The van der Waals surface area contributed by atoms with E-state index in [9.17, 15) is 5.26 Å². The lowest BCUT2D eigenvalue weighted by Crippen LogP contribution is -2.20. The van der Waals surface area contributed by atoms with Crippen LogP contribution in [-0.2, 0) is 4.74 Å². The predicted molar refractivity (Wildman–Crippen MR) is 121 cm³/mol. The average molecular weight is 533 g/mol. The Hall–Kier alpha value is -1.66. The molecule has 28 heavy (non-hydrogen) atoms. The summed E-state index contributed by atoms with van der Waals surface area (Å²) < 4.78 is 17.0. The number of hydrogen-bond acceptors (Lipinski definition) is 5. The molecule has 0 unspecified atom stereocenters. The second-order valence-corrected chi connectivity index (χ2v) is 7.67. The largest absolute Gasteiger partial charge is 0.495 e. The van der Waals surface area contributed by atoms with Gasteiger partial charge in [0.25, 0.3) is 0 Å². The highest BCUT2D eigenvalue weighted by molar-refractivity contribution is 14.1. The van der Waals surface area contributed by atoms with Crippen LogP contribution in [0.15, 0.2) is 42.5 Å². The fourth-order valence-electron chi connectivity index (χ4n) is 2.43. The van der Waals surface area contributed by atoms with Crippen LogP contribution < -0.4 is 14.4 Å². The molecule has 2 aromatic carbocycles. The van der Waals surface area contributed by atoms with Gasteiger partial charge >= 0.3 is 0 Å². The Labute approximate surface area is 188 Å². The summed E-state index contributed by atoms with van der Waals surface area (Å²) in [6, 6.07) is 11.2. The molecule has 0 atom stereocenters.